The van der Waals surface area contributed by atoms with Crippen LogP contribution in [-0.2, 0) is 0 Å². The number of hydrogen-bond donors (Lipinski definition) is 1. The standard InChI is InChI=1S/C10H8BrClOS2/c1-5-4-14-10(8(5)12)9(13)6-2-3-7(11)15-6/h2-4,9,13H,1H3. The lowest BCUT2D eigenvalue weighted by Gasteiger charge is -2.06. The van der Waals surface area contributed by atoms with Crippen molar-refractivity contribution in [2.45, 2.75) is 13.0 Å². The van der Waals surface area contributed by atoms with Crippen molar-refractivity contribution in [3.8, 4) is 0 Å². The summed E-state index contributed by atoms with van der Waals surface area (Å²) in [5.74, 6) is 0. The van der Waals surface area contributed by atoms with E-state index in [-0.39, 0.29) is 0 Å². The molecule has 1 nitrogen and oxygen atoms in total. The molecule has 0 saturated heterocycles. The van der Waals surface area contributed by atoms with Crippen molar-refractivity contribution in [2.75, 3.05) is 0 Å². The second kappa shape index (κ2) is 4.55. The summed E-state index contributed by atoms with van der Waals surface area (Å²) in [7, 11) is 0. The summed E-state index contributed by atoms with van der Waals surface area (Å²) in [5.41, 5.74) is 1.02. The highest BCUT2D eigenvalue weighted by Gasteiger charge is 2.18. The van der Waals surface area contributed by atoms with E-state index in [4.69, 9.17) is 11.6 Å². The molecule has 2 aromatic rings. The lowest BCUT2D eigenvalue weighted by molar-refractivity contribution is 0.228. The van der Waals surface area contributed by atoms with Crippen molar-refractivity contribution in [1.29, 1.82) is 0 Å². The lowest BCUT2D eigenvalue weighted by Crippen LogP contribution is -1.94. The average molecular weight is 324 g/mol. The molecule has 0 aliphatic carbocycles. The van der Waals surface area contributed by atoms with Gasteiger partial charge in [0.15, 0.2) is 0 Å². The number of rotatable bonds is 2. The molecule has 5 heteroatoms. The zero-order valence-corrected chi connectivity index (χ0v) is 11.8. The molecule has 0 saturated carbocycles. The van der Waals surface area contributed by atoms with Crippen LogP contribution in [0.15, 0.2) is 21.3 Å². The van der Waals surface area contributed by atoms with Crippen LogP contribution in [0.25, 0.3) is 0 Å². The molecule has 1 atom stereocenters. The fourth-order valence-corrected chi connectivity index (χ4v) is 4.03. The number of halogens is 2. The van der Waals surface area contributed by atoms with Gasteiger partial charge in [-0.3, -0.25) is 0 Å². The Balaban J connectivity index is 2.36. The summed E-state index contributed by atoms with van der Waals surface area (Å²) >= 11 is 12.5. The molecule has 15 heavy (non-hydrogen) atoms. The predicted molar refractivity (Wildman–Crippen MR) is 70.1 cm³/mol. The van der Waals surface area contributed by atoms with Gasteiger partial charge >= 0.3 is 0 Å². The molecule has 0 bridgehead atoms. The first-order valence-corrected chi connectivity index (χ1v) is 7.13. The maximum Gasteiger partial charge on any atom is 0.124 e. The minimum Gasteiger partial charge on any atom is -0.382 e. The highest BCUT2D eigenvalue weighted by Crippen LogP contribution is 2.38. The van der Waals surface area contributed by atoms with Gasteiger partial charge in [-0.2, -0.15) is 0 Å². The summed E-state index contributed by atoms with van der Waals surface area (Å²) in [6, 6.07) is 3.84. The van der Waals surface area contributed by atoms with E-state index in [0.29, 0.717) is 5.02 Å². The van der Waals surface area contributed by atoms with Gasteiger partial charge in [-0.25, -0.2) is 0 Å². The molecule has 1 unspecified atom stereocenters. The Morgan fingerprint density at radius 3 is 2.67 bits per heavy atom. The van der Waals surface area contributed by atoms with E-state index in [1.807, 2.05) is 24.4 Å². The highest BCUT2D eigenvalue weighted by atomic mass is 79.9. The number of aliphatic hydroxyl groups is 1. The van der Waals surface area contributed by atoms with Crippen LogP contribution in [0.5, 0.6) is 0 Å². The van der Waals surface area contributed by atoms with Gasteiger partial charge in [0.2, 0.25) is 0 Å². The third-order valence-corrected chi connectivity index (χ3v) is 5.48. The number of aliphatic hydroxyl groups excluding tert-OH is 1. The van der Waals surface area contributed by atoms with E-state index < -0.39 is 6.10 Å². The van der Waals surface area contributed by atoms with Crippen LogP contribution in [0, 0.1) is 6.92 Å². The second-order valence-corrected chi connectivity index (χ2v) is 6.93. The van der Waals surface area contributed by atoms with Crippen molar-refractivity contribution in [3.05, 3.63) is 41.6 Å². The molecule has 2 rings (SSSR count). The normalized spacial score (nSPS) is 13.1. The number of thiophene rings is 2. The Kier molecular flexibility index (Phi) is 3.52. The van der Waals surface area contributed by atoms with Crippen molar-refractivity contribution >= 4 is 50.2 Å². The summed E-state index contributed by atoms with van der Waals surface area (Å²) in [4.78, 5) is 1.73. The largest absolute Gasteiger partial charge is 0.382 e. The van der Waals surface area contributed by atoms with Crippen molar-refractivity contribution in [1.82, 2.24) is 0 Å². The smallest absolute Gasteiger partial charge is 0.124 e. The fraction of sp³-hybridized carbons (Fsp3) is 0.200. The molecule has 0 spiro atoms. The van der Waals surface area contributed by atoms with Crippen molar-refractivity contribution < 1.29 is 5.11 Å². The molecule has 0 aliphatic rings. The minimum atomic E-state index is -0.604. The molecule has 2 heterocycles. The summed E-state index contributed by atoms with van der Waals surface area (Å²) in [6.45, 7) is 1.94. The van der Waals surface area contributed by atoms with E-state index in [1.54, 1.807) is 0 Å². The second-order valence-electron chi connectivity index (χ2n) is 3.14. The van der Waals surface area contributed by atoms with E-state index in [2.05, 4.69) is 15.9 Å². The maximum atomic E-state index is 10.1. The van der Waals surface area contributed by atoms with Crippen LogP contribution in [0.2, 0.25) is 5.02 Å². The Hall–Kier alpha value is 0.130. The number of aryl methyl sites for hydroxylation is 1. The van der Waals surface area contributed by atoms with Gasteiger partial charge in [0, 0.05) is 4.88 Å². The third-order valence-electron chi connectivity index (χ3n) is 2.04. The van der Waals surface area contributed by atoms with Crippen LogP contribution < -0.4 is 0 Å². The summed E-state index contributed by atoms with van der Waals surface area (Å²) in [6.07, 6.45) is -0.604. The van der Waals surface area contributed by atoms with Crippen LogP contribution >= 0.6 is 50.2 Å². The van der Waals surface area contributed by atoms with Gasteiger partial charge in [0.25, 0.3) is 0 Å². The van der Waals surface area contributed by atoms with Crippen molar-refractivity contribution in [3.63, 3.8) is 0 Å². The topological polar surface area (TPSA) is 20.2 Å². The quantitative estimate of drug-likeness (QED) is 0.855. The SMILES string of the molecule is Cc1csc(C(O)c2ccc(Br)s2)c1Cl. The van der Waals surface area contributed by atoms with E-state index >= 15 is 0 Å². The van der Waals surface area contributed by atoms with Gasteiger partial charge in [0.05, 0.1) is 13.7 Å². The average Bonchev–Trinajstić information content (AvgIpc) is 2.75. The Labute approximate surface area is 109 Å². The van der Waals surface area contributed by atoms with Gasteiger partial charge in [-0.15, -0.1) is 22.7 Å². The fourth-order valence-electron chi connectivity index (χ4n) is 1.24. The van der Waals surface area contributed by atoms with Gasteiger partial charge < -0.3 is 5.11 Å². The lowest BCUT2D eigenvalue weighted by atomic mass is 10.2. The molecule has 0 radical (unpaired) electrons. The molecule has 0 aliphatic heterocycles. The summed E-state index contributed by atoms with van der Waals surface area (Å²) in [5, 5.41) is 12.8. The maximum absolute atomic E-state index is 10.1. The summed E-state index contributed by atoms with van der Waals surface area (Å²) < 4.78 is 1.01. The molecule has 0 aromatic carbocycles. The van der Waals surface area contributed by atoms with Gasteiger partial charge in [0.1, 0.15) is 6.10 Å². The van der Waals surface area contributed by atoms with Gasteiger partial charge in [-0.1, -0.05) is 11.6 Å². The zero-order chi connectivity index (χ0) is 11.0. The van der Waals surface area contributed by atoms with E-state index in [1.165, 1.54) is 22.7 Å². The van der Waals surface area contributed by atoms with Crippen LogP contribution in [0.1, 0.15) is 21.4 Å². The molecule has 1 N–H and O–H groups in total. The monoisotopic (exact) mass is 322 g/mol. The third kappa shape index (κ3) is 2.29. The predicted octanol–water partition coefficient (Wildman–Crippen LogP) is 4.62. The first kappa shape index (κ1) is 11.6. The minimum absolute atomic E-state index is 0.604. The van der Waals surface area contributed by atoms with Crippen LogP contribution in [0.3, 0.4) is 0 Å². The molecule has 2 aromatic heterocycles. The first-order valence-electron chi connectivity index (χ1n) is 4.26. The Bertz CT molecular complexity index is 477. The van der Waals surface area contributed by atoms with Crippen molar-refractivity contribution in [2.24, 2.45) is 0 Å². The molecule has 0 fully saturated rings. The van der Waals surface area contributed by atoms with Crippen LogP contribution in [0.4, 0.5) is 0 Å². The van der Waals surface area contributed by atoms with Gasteiger partial charge in [-0.05, 0) is 45.9 Å². The Morgan fingerprint density at radius 2 is 2.20 bits per heavy atom. The first-order chi connectivity index (χ1) is 7.09. The zero-order valence-electron chi connectivity index (χ0n) is 7.83. The highest BCUT2D eigenvalue weighted by molar-refractivity contribution is 9.11. The molecule has 80 valence electrons. The Morgan fingerprint density at radius 1 is 1.47 bits per heavy atom. The van der Waals surface area contributed by atoms with E-state index in [9.17, 15) is 5.11 Å². The molecular weight excluding hydrogens is 316 g/mol. The molecular formula is C10H8BrClOS2. The molecule has 0 amide bonds. The van der Waals surface area contributed by atoms with Crippen LogP contribution in [-0.4, -0.2) is 5.11 Å². The van der Waals surface area contributed by atoms with E-state index in [0.717, 1.165) is 19.1 Å². The number of hydrogen-bond acceptors (Lipinski definition) is 3.